The Labute approximate surface area is 186 Å². The molecule has 0 aliphatic carbocycles. The quantitative estimate of drug-likeness (QED) is 0.415. The first-order valence-corrected chi connectivity index (χ1v) is 10.8. The van der Waals surface area contributed by atoms with Crippen molar-refractivity contribution in [1.29, 1.82) is 0 Å². The molecule has 0 saturated carbocycles. The van der Waals surface area contributed by atoms with E-state index < -0.39 is 29.3 Å². The van der Waals surface area contributed by atoms with Gasteiger partial charge in [-0.1, -0.05) is 36.5 Å². The van der Waals surface area contributed by atoms with E-state index >= 15 is 0 Å². The molecule has 1 N–H and O–H groups in total. The van der Waals surface area contributed by atoms with Crippen LogP contribution in [0, 0.1) is 5.82 Å². The van der Waals surface area contributed by atoms with E-state index in [9.17, 15) is 19.1 Å². The highest BCUT2D eigenvalue weighted by molar-refractivity contribution is 7.22. The van der Waals surface area contributed by atoms with Crippen LogP contribution in [0.25, 0.3) is 10.2 Å². The minimum absolute atomic E-state index is 0.00907. The van der Waals surface area contributed by atoms with E-state index in [1.54, 1.807) is 6.07 Å². The Morgan fingerprint density at radius 1 is 1.22 bits per heavy atom. The van der Waals surface area contributed by atoms with Gasteiger partial charge in [0.1, 0.15) is 5.82 Å². The van der Waals surface area contributed by atoms with Crippen molar-refractivity contribution in [3.63, 3.8) is 0 Å². The van der Waals surface area contributed by atoms with E-state index in [-0.39, 0.29) is 11.3 Å². The molecule has 2 aromatic carbocycles. The van der Waals surface area contributed by atoms with Gasteiger partial charge in [-0.2, -0.15) is 0 Å². The first-order chi connectivity index (χ1) is 15.5. The van der Waals surface area contributed by atoms with E-state index in [0.29, 0.717) is 16.2 Å². The summed E-state index contributed by atoms with van der Waals surface area (Å²) in [5, 5.41) is 11.1. The van der Waals surface area contributed by atoms with Gasteiger partial charge in [0.15, 0.2) is 16.7 Å². The molecule has 1 amide bonds. The van der Waals surface area contributed by atoms with Gasteiger partial charge in [0.05, 0.1) is 28.1 Å². The maximum atomic E-state index is 13.6. The van der Waals surface area contributed by atoms with Gasteiger partial charge in [-0.25, -0.2) is 9.37 Å². The van der Waals surface area contributed by atoms with Crippen LogP contribution in [0.3, 0.4) is 0 Å². The fourth-order valence-electron chi connectivity index (χ4n) is 3.82. The van der Waals surface area contributed by atoms with Crippen molar-refractivity contribution in [3.8, 4) is 0 Å². The Hall–Kier alpha value is -3.78. The zero-order chi connectivity index (χ0) is 22.4. The van der Waals surface area contributed by atoms with Gasteiger partial charge >= 0.3 is 0 Å². The van der Waals surface area contributed by atoms with Crippen LogP contribution in [-0.4, -0.2) is 21.8 Å². The van der Waals surface area contributed by atoms with E-state index in [1.807, 2.05) is 25.1 Å². The van der Waals surface area contributed by atoms with E-state index in [0.717, 1.165) is 16.7 Å². The normalized spacial score (nSPS) is 16.4. The summed E-state index contributed by atoms with van der Waals surface area (Å²) in [5.41, 5.74) is 2.17. The highest BCUT2D eigenvalue weighted by atomic mass is 32.1. The lowest BCUT2D eigenvalue weighted by Crippen LogP contribution is -2.30. The Balaban J connectivity index is 1.67. The van der Waals surface area contributed by atoms with Crippen LogP contribution >= 0.6 is 11.3 Å². The first kappa shape index (κ1) is 20.1. The average Bonchev–Trinajstić information content (AvgIpc) is 3.52. The average molecular weight is 448 g/mol. The number of Topliss-reactive ketones (excluding diaryl/α,β-unsaturated/α-hetero) is 1. The molecule has 0 saturated heterocycles. The number of rotatable bonds is 5. The van der Waals surface area contributed by atoms with Gasteiger partial charge in [-0.15, -0.1) is 0 Å². The van der Waals surface area contributed by atoms with E-state index in [2.05, 4.69) is 4.98 Å². The summed E-state index contributed by atoms with van der Waals surface area (Å²) in [4.78, 5) is 32.2. The van der Waals surface area contributed by atoms with Crippen LogP contribution in [0.2, 0.25) is 0 Å². The maximum absolute atomic E-state index is 13.6. The number of aliphatic hydroxyl groups excluding tert-OH is 1. The number of hydrogen-bond donors (Lipinski definition) is 1. The summed E-state index contributed by atoms with van der Waals surface area (Å²) in [6, 6.07) is 13.3. The number of hydrogen-bond acceptors (Lipinski definition) is 6. The number of amides is 1. The first-order valence-electron chi connectivity index (χ1n) is 9.97. The molecular weight excluding hydrogens is 431 g/mol. The number of aromatic nitrogens is 1. The van der Waals surface area contributed by atoms with Crippen molar-refractivity contribution in [1.82, 2.24) is 4.98 Å². The molecule has 0 spiro atoms. The topological polar surface area (TPSA) is 83.6 Å². The van der Waals surface area contributed by atoms with Crippen molar-refractivity contribution in [3.05, 3.63) is 94.9 Å². The number of aliphatic hydroxyl groups is 1. The van der Waals surface area contributed by atoms with Crippen LogP contribution in [0.15, 0.2) is 76.6 Å². The third kappa shape index (κ3) is 3.20. The lowest BCUT2D eigenvalue weighted by atomic mass is 9.95. The molecule has 0 radical (unpaired) electrons. The third-order valence-corrected chi connectivity index (χ3v) is 6.46. The highest BCUT2D eigenvalue weighted by Crippen LogP contribution is 2.44. The van der Waals surface area contributed by atoms with Crippen LogP contribution in [0.5, 0.6) is 0 Å². The molecule has 1 aliphatic heterocycles. The molecule has 3 heterocycles. The molecule has 0 unspecified atom stereocenters. The number of ketones is 1. The van der Waals surface area contributed by atoms with Crippen molar-refractivity contribution < 1.29 is 23.5 Å². The molecular formula is C24H17FN2O4S. The molecule has 1 atom stereocenters. The summed E-state index contributed by atoms with van der Waals surface area (Å²) in [7, 11) is 0. The van der Waals surface area contributed by atoms with Gasteiger partial charge in [0.25, 0.3) is 5.91 Å². The lowest BCUT2D eigenvalue weighted by molar-refractivity contribution is -0.117. The number of aryl methyl sites for hydroxylation is 1. The summed E-state index contributed by atoms with van der Waals surface area (Å²) in [6.07, 6.45) is 2.19. The third-order valence-electron chi connectivity index (χ3n) is 5.44. The second kappa shape index (κ2) is 7.72. The van der Waals surface area contributed by atoms with Crippen LogP contribution < -0.4 is 4.90 Å². The number of carbonyl (C=O) groups excluding carboxylic acids is 2. The van der Waals surface area contributed by atoms with E-state index in [4.69, 9.17) is 4.42 Å². The number of nitrogens with zero attached hydrogens (tertiary/aromatic N) is 2. The molecule has 1 aliphatic rings. The van der Waals surface area contributed by atoms with Gasteiger partial charge < -0.3 is 9.52 Å². The van der Waals surface area contributed by atoms with Gasteiger partial charge in [-0.05, 0) is 53.9 Å². The number of fused-ring (bicyclic) bond motifs is 1. The summed E-state index contributed by atoms with van der Waals surface area (Å²) in [5.74, 6) is -2.50. The van der Waals surface area contributed by atoms with Crippen LogP contribution in [0.4, 0.5) is 9.52 Å². The molecule has 160 valence electrons. The monoisotopic (exact) mass is 448 g/mol. The molecule has 0 fully saturated rings. The Kier molecular flexibility index (Phi) is 4.86. The van der Waals surface area contributed by atoms with Crippen LogP contribution in [-0.2, 0) is 11.2 Å². The van der Waals surface area contributed by atoms with Gasteiger partial charge in [0.2, 0.25) is 5.78 Å². The largest absolute Gasteiger partial charge is 0.503 e. The second-order valence-corrected chi connectivity index (χ2v) is 8.36. The van der Waals surface area contributed by atoms with Gasteiger partial charge in [0, 0.05) is 0 Å². The predicted octanol–water partition coefficient (Wildman–Crippen LogP) is 5.37. The Morgan fingerprint density at radius 3 is 2.69 bits per heavy atom. The molecule has 6 nitrogen and oxygen atoms in total. The zero-order valence-electron chi connectivity index (χ0n) is 16.9. The lowest BCUT2D eigenvalue weighted by Gasteiger charge is -2.24. The molecule has 5 rings (SSSR count). The molecule has 32 heavy (non-hydrogen) atoms. The van der Waals surface area contributed by atoms with E-state index in [1.165, 1.54) is 52.8 Å². The Morgan fingerprint density at radius 2 is 2.00 bits per heavy atom. The molecule has 4 aromatic rings. The number of thiazole rings is 1. The van der Waals surface area contributed by atoms with Crippen LogP contribution in [0.1, 0.15) is 34.6 Å². The minimum atomic E-state index is -0.980. The second-order valence-electron chi connectivity index (χ2n) is 7.35. The van der Waals surface area contributed by atoms with Gasteiger partial charge in [-0.3, -0.25) is 14.5 Å². The molecule has 8 heteroatoms. The minimum Gasteiger partial charge on any atom is -0.503 e. The summed E-state index contributed by atoms with van der Waals surface area (Å²) in [6.45, 7) is 2.05. The number of benzene rings is 2. The predicted molar refractivity (Wildman–Crippen MR) is 118 cm³/mol. The summed E-state index contributed by atoms with van der Waals surface area (Å²) >= 11 is 1.29. The fraction of sp³-hybridized carbons (Fsp3) is 0.125. The number of halogens is 1. The standard InChI is InChI=1S/C24H17FN2O4S/c1-2-13-5-10-16-18(12-13)32-24(26-16)27-20(14-6-8-15(25)9-7-14)19(22(29)23(27)30)21(28)17-4-3-11-31-17/h3-12,20,29H,2H2,1H3/t20-/m0/s1. The van der Waals surface area contributed by atoms with Crippen molar-refractivity contribution >= 4 is 38.4 Å². The van der Waals surface area contributed by atoms with Crippen molar-refractivity contribution in [2.24, 2.45) is 0 Å². The smallest absolute Gasteiger partial charge is 0.296 e. The summed E-state index contributed by atoms with van der Waals surface area (Å²) < 4.78 is 19.7. The molecule has 2 aromatic heterocycles. The van der Waals surface area contributed by atoms with Crippen molar-refractivity contribution in [2.75, 3.05) is 4.90 Å². The molecule has 0 bridgehead atoms. The zero-order valence-corrected chi connectivity index (χ0v) is 17.7. The SMILES string of the molecule is CCc1ccc2nc(N3C(=O)C(O)=C(C(=O)c4ccco4)[C@@H]3c3ccc(F)cc3)sc2c1. The maximum Gasteiger partial charge on any atom is 0.296 e. The number of anilines is 1. The highest BCUT2D eigenvalue weighted by Gasteiger charge is 2.46. The Bertz CT molecular complexity index is 1370. The number of carbonyl (C=O) groups is 2. The number of furan rings is 1. The fourth-order valence-corrected chi connectivity index (χ4v) is 4.87. The van der Waals surface area contributed by atoms with Crippen molar-refractivity contribution in [2.45, 2.75) is 19.4 Å².